The third-order valence-electron chi connectivity index (χ3n) is 3.10. The summed E-state index contributed by atoms with van der Waals surface area (Å²) in [5, 5.41) is 15.9. The van der Waals surface area contributed by atoms with Crippen LogP contribution >= 0.6 is 11.3 Å². The lowest BCUT2D eigenvalue weighted by molar-refractivity contribution is 0.0665. The molecule has 1 atom stereocenters. The van der Waals surface area contributed by atoms with Gasteiger partial charge < -0.3 is 9.63 Å². The van der Waals surface area contributed by atoms with Crippen molar-refractivity contribution in [2.24, 2.45) is 0 Å². The molecular formula is C12H15N3O2S. The molecule has 0 saturated carbocycles. The van der Waals surface area contributed by atoms with Crippen LogP contribution < -0.4 is 0 Å². The lowest BCUT2D eigenvalue weighted by Gasteiger charge is -2.16. The standard InChI is InChI=1S/C12H15N3O2S/c1-12(16)4-5-15(8-12)7-10-13-11(14-17-10)9-3-2-6-18-9/h2-3,6,16H,4-5,7-8H2,1H3. The van der Waals surface area contributed by atoms with Gasteiger partial charge in [-0.25, -0.2) is 0 Å². The van der Waals surface area contributed by atoms with Gasteiger partial charge >= 0.3 is 0 Å². The zero-order valence-electron chi connectivity index (χ0n) is 10.2. The van der Waals surface area contributed by atoms with E-state index < -0.39 is 5.60 Å². The van der Waals surface area contributed by atoms with Crippen molar-refractivity contribution in [3.63, 3.8) is 0 Å². The molecule has 1 unspecified atom stereocenters. The minimum atomic E-state index is -0.587. The van der Waals surface area contributed by atoms with E-state index in [1.165, 1.54) is 0 Å². The van der Waals surface area contributed by atoms with E-state index in [1.54, 1.807) is 11.3 Å². The predicted octanol–water partition coefficient (Wildman–Crippen LogP) is 1.75. The Kier molecular flexibility index (Phi) is 2.93. The molecule has 18 heavy (non-hydrogen) atoms. The summed E-state index contributed by atoms with van der Waals surface area (Å²) in [5.41, 5.74) is -0.587. The molecule has 0 bridgehead atoms. The Morgan fingerprint density at radius 3 is 3.17 bits per heavy atom. The number of β-amino-alcohol motifs (C(OH)–C–C–N with tert-alkyl or cyclic N) is 1. The second kappa shape index (κ2) is 4.46. The van der Waals surface area contributed by atoms with Crippen molar-refractivity contribution < 1.29 is 9.63 Å². The van der Waals surface area contributed by atoms with Gasteiger partial charge in [0.25, 0.3) is 0 Å². The molecule has 2 aromatic heterocycles. The van der Waals surface area contributed by atoms with Gasteiger partial charge in [-0.15, -0.1) is 11.3 Å². The van der Waals surface area contributed by atoms with E-state index >= 15 is 0 Å². The highest BCUT2D eigenvalue weighted by atomic mass is 32.1. The molecule has 1 aliphatic heterocycles. The van der Waals surface area contributed by atoms with Gasteiger partial charge in [-0.2, -0.15) is 4.98 Å². The van der Waals surface area contributed by atoms with Gasteiger partial charge in [-0.3, -0.25) is 4.90 Å². The van der Waals surface area contributed by atoms with Crippen molar-refractivity contribution in [2.45, 2.75) is 25.5 Å². The van der Waals surface area contributed by atoms with Gasteiger partial charge in [0.15, 0.2) is 0 Å². The minimum Gasteiger partial charge on any atom is -0.389 e. The molecule has 6 heteroatoms. The zero-order chi connectivity index (χ0) is 12.6. The number of likely N-dealkylation sites (tertiary alicyclic amines) is 1. The molecule has 1 saturated heterocycles. The van der Waals surface area contributed by atoms with Crippen molar-refractivity contribution in [1.82, 2.24) is 15.0 Å². The fourth-order valence-corrected chi connectivity index (χ4v) is 2.84. The number of rotatable bonds is 3. The molecule has 5 nitrogen and oxygen atoms in total. The molecule has 0 radical (unpaired) electrons. The predicted molar refractivity (Wildman–Crippen MR) is 68.1 cm³/mol. The van der Waals surface area contributed by atoms with Crippen molar-refractivity contribution in [3.05, 3.63) is 23.4 Å². The second-order valence-corrected chi connectivity index (χ2v) is 5.89. The minimum absolute atomic E-state index is 0.587. The molecule has 1 aliphatic rings. The average molecular weight is 265 g/mol. The number of hydrogen-bond acceptors (Lipinski definition) is 6. The maximum atomic E-state index is 9.89. The molecule has 0 amide bonds. The third kappa shape index (κ3) is 2.45. The van der Waals surface area contributed by atoms with Gasteiger partial charge in [-0.05, 0) is 24.8 Å². The summed E-state index contributed by atoms with van der Waals surface area (Å²) in [6, 6.07) is 3.94. The van der Waals surface area contributed by atoms with Crippen LogP contribution in [0, 0.1) is 0 Å². The molecule has 2 aromatic rings. The lowest BCUT2D eigenvalue weighted by Crippen LogP contribution is -2.29. The molecular weight excluding hydrogens is 250 g/mol. The molecule has 3 rings (SSSR count). The first-order chi connectivity index (χ1) is 8.62. The topological polar surface area (TPSA) is 62.4 Å². The van der Waals surface area contributed by atoms with Crippen molar-refractivity contribution in [1.29, 1.82) is 0 Å². The SMILES string of the molecule is CC1(O)CCN(Cc2nc(-c3cccs3)no2)C1. The van der Waals surface area contributed by atoms with E-state index in [1.807, 2.05) is 24.4 Å². The van der Waals surface area contributed by atoms with E-state index in [4.69, 9.17) is 4.52 Å². The third-order valence-corrected chi connectivity index (χ3v) is 3.97. The van der Waals surface area contributed by atoms with Crippen LogP contribution in [-0.4, -0.2) is 38.8 Å². The first-order valence-electron chi connectivity index (χ1n) is 5.94. The smallest absolute Gasteiger partial charge is 0.241 e. The maximum absolute atomic E-state index is 9.89. The summed E-state index contributed by atoms with van der Waals surface area (Å²) < 4.78 is 5.24. The molecule has 0 spiro atoms. The van der Waals surface area contributed by atoms with Crippen molar-refractivity contribution >= 4 is 11.3 Å². The van der Waals surface area contributed by atoms with Crippen molar-refractivity contribution in [3.8, 4) is 10.7 Å². The Morgan fingerprint density at radius 2 is 2.50 bits per heavy atom. The second-order valence-electron chi connectivity index (χ2n) is 4.95. The fourth-order valence-electron chi connectivity index (χ4n) is 2.19. The van der Waals surface area contributed by atoms with Gasteiger partial charge in [0.2, 0.25) is 11.7 Å². The normalized spacial score (nSPS) is 24.8. The summed E-state index contributed by atoms with van der Waals surface area (Å²) in [6.07, 6.45) is 0.791. The summed E-state index contributed by atoms with van der Waals surface area (Å²) in [6.45, 7) is 3.99. The van der Waals surface area contributed by atoms with E-state index in [2.05, 4.69) is 15.0 Å². The van der Waals surface area contributed by atoms with Crippen LogP contribution in [0.25, 0.3) is 10.7 Å². The Bertz CT molecular complexity index is 521. The van der Waals surface area contributed by atoms with Gasteiger partial charge in [-0.1, -0.05) is 11.2 Å². The molecule has 0 aromatic carbocycles. The molecule has 0 aliphatic carbocycles. The van der Waals surface area contributed by atoms with Crippen LogP contribution in [0.15, 0.2) is 22.0 Å². The van der Waals surface area contributed by atoms with Gasteiger partial charge in [0, 0.05) is 13.1 Å². The number of hydrogen-bond donors (Lipinski definition) is 1. The largest absolute Gasteiger partial charge is 0.389 e. The van der Waals surface area contributed by atoms with Crippen LogP contribution in [-0.2, 0) is 6.54 Å². The monoisotopic (exact) mass is 265 g/mol. The number of aliphatic hydroxyl groups is 1. The van der Waals surface area contributed by atoms with Crippen LogP contribution in [0.1, 0.15) is 19.2 Å². The average Bonchev–Trinajstić information content (AvgIpc) is 2.99. The van der Waals surface area contributed by atoms with Crippen molar-refractivity contribution in [2.75, 3.05) is 13.1 Å². The molecule has 1 fully saturated rings. The van der Waals surface area contributed by atoms with E-state index in [0.717, 1.165) is 17.8 Å². The van der Waals surface area contributed by atoms with Crippen LogP contribution in [0.2, 0.25) is 0 Å². The lowest BCUT2D eigenvalue weighted by atomic mass is 10.1. The summed E-state index contributed by atoms with van der Waals surface area (Å²) in [7, 11) is 0. The summed E-state index contributed by atoms with van der Waals surface area (Å²) >= 11 is 1.59. The van der Waals surface area contributed by atoms with E-state index in [-0.39, 0.29) is 0 Å². The number of thiophene rings is 1. The van der Waals surface area contributed by atoms with Crippen LogP contribution in [0.5, 0.6) is 0 Å². The molecule has 1 N–H and O–H groups in total. The maximum Gasteiger partial charge on any atom is 0.241 e. The first-order valence-corrected chi connectivity index (χ1v) is 6.82. The fraction of sp³-hybridized carbons (Fsp3) is 0.500. The Balaban J connectivity index is 1.68. The number of aromatic nitrogens is 2. The molecule has 3 heterocycles. The van der Waals surface area contributed by atoms with E-state index in [9.17, 15) is 5.11 Å². The van der Waals surface area contributed by atoms with E-state index in [0.29, 0.717) is 24.8 Å². The summed E-state index contributed by atoms with van der Waals surface area (Å²) in [4.78, 5) is 7.52. The van der Waals surface area contributed by atoms with Crippen LogP contribution in [0.4, 0.5) is 0 Å². The Morgan fingerprint density at radius 1 is 1.61 bits per heavy atom. The Hall–Kier alpha value is -1.24. The van der Waals surface area contributed by atoms with Gasteiger partial charge in [0.05, 0.1) is 17.0 Å². The number of nitrogens with zero attached hydrogens (tertiary/aromatic N) is 3. The first kappa shape index (κ1) is 11.8. The molecule has 96 valence electrons. The van der Waals surface area contributed by atoms with Gasteiger partial charge in [0.1, 0.15) is 0 Å². The Labute approximate surface area is 109 Å². The van der Waals surface area contributed by atoms with Crippen LogP contribution in [0.3, 0.4) is 0 Å². The summed E-state index contributed by atoms with van der Waals surface area (Å²) in [5.74, 6) is 1.25. The highest BCUT2D eigenvalue weighted by Crippen LogP contribution is 2.24. The highest BCUT2D eigenvalue weighted by molar-refractivity contribution is 7.13. The zero-order valence-corrected chi connectivity index (χ0v) is 11.0. The quantitative estimate of drug-likeness (QED) is 0.916. The highest BCUT2D eigenvalue weighted by Gasteiger charge is 2.32.